The standard InChI is InChI=1S/C17H22FN3/c1-11(2)21-15-5-3-4-13(10-19)16(15)17(20-21)12-6-8-14(18)9-7-12/h6-9,11,13H,3-5,10,19H2,1-2H3. The number of halogens is 1. The van der Waals surface area contributed by atoms with Gasteiger partial charge in [-0.2, -0.15) is 5.10 Å². The number of rotatable bonds is 3. The molecule has 1 atom stereocenters. The molecule has 21 heavy (non-hydrogen) atoms. The molecule has 0 saturated carbocycles. The first-order chi connectivity index (χ1) is 10.1. The minimum absolute atomic E-state index is 0.216. The summed E-state index contributed by atoms with van der Waals surface area (Å²) in [5.41, 5.74) is 10.5. The molecule has 1 aliphatic carbocycles. The molecule has 2 N–H and O–H groups in total. The van der Waals surface area contributed by atoms with Crippen LogP contribution in [0, 0.1) is 5.82 Å². The predicted octanol–water partition coefficient (Wildman–Crippen LogP) is 3.65. The minimum Gasteiger partial charge on any atom is -0.330 e. The van der Waals surface area contributed by atoms with Crippen molar-refractivity contribution in [1.82, 2.24) is 9.78 Å². The molecule has 0 radical (unpaired) electrons. The van der Waals surface area contributed by atoms with E-state index < -0.39 is 0 Å². The number of hydrogen-bond donors (Lipinski definition) is 1. The second kappa shape index (κ2) is 5.60. The van der Waals surface area contributed by atoms with E-state index in [0.717, 1.165) is 30.5 Å². The predicted molar refractivity (Wildman–Crippen MR) is 82.7 cm³/mol. The largest absolute Gasteiger partial charge is 0.330 e. The van der Waals surface area contributed by atoms with E-state index in [2.05, 4.69) is 18.5 Å². The summed E-state index contributed by atoms with van der Waals surface area (Å²) in [6.07, 6.45) is 3.33. The SMILES string of the molecule is CC(C)n1nc(-c2ccc(F)cc2)c2c1CCCC2CN. The maximum absolute atomic E-state index is 13.2. The Balaban J connectivity index is 2.18. The van der Waals surface area contributed by atoms with Crippen LogP contribution in [0.1, 0.15) is 49.9 Å². The molecule has 1 aliphatic rings. The van der Waals surface area contributed by atoms with Crippen LogP contribution >= 0.6 is 0 Å². The topological polar surface area (TPSA) is 43.8 Å². The van der Waals surface area contributed by atoms with Crippen LogP contribution in [0.2, 0.25) is 0 Å². The molecule has 112 valence electrons. The Hall–Kier alpha value is -1.68. The highest BCUT2D eigenvalue weighted by Gasteiger charge is 2.29. The molecule has 1 aromatic heterocycles. The van der Waals surface area contributed by atoms with E-state index in [-0.39, 0.29) is 5.82 Å². The molecule has 1 unspecified atom stereocenters. The summed E-state index contributed by atoms with van der Waals surface area (Å²) in [7, 11) is 0. The number of nitrogens with two attached hydrogens (primary N) is 1. The van der Waals surface area contributed by atoms with E-state index >= 15 is 0 Å². The third-order valence-electron chi connectivity index (χ3n) is 4.32. The second-order valence-electron chi connectivity index (χ2n) is 6.08. The van der Waals surface area contributed by atoms with Crippen molar-refractivity contribution in [3.63, 3.8) is 0 Å². The molecule has 1 aromatic carbocycles. The van der Waals surface area contributed by atoms with Crippen molar-refractivity contribution in [2.24, 2.45) is 5.73 Å². The zero-order valence-electron chi connectivity index (χ0n) is 12.6. The lowest BCUT2D eigenvalue weighted by atomic mass is 9.84. The van der Waals surface area contributed by atoms with E-state index in [1.54, 1.807) is 0 Å². The smallest absolute Gasteiger partial charge is 0.123 e. The number of benzene rings is 1. The summed E-state index contributed by atoms with van der Waals surface area (Å²) in [6, 6.07) is 6.94. The fourth-order valence-corrected chi connectivity index (χ4v) is 3.30. The highest BCUT2D eigenvalue weighted by Crippen LogP contribution is 2.39. The van der Waals surface area contributed by atoms with E-state index in [0.29, 0.717) is 18.5 Å². The molecule has 3 rings (SSSR count). The normalized spacial score (nSPS) is 18.0. The van der Waals surface area contributed by atoms with Crippen LogP contribution in [-0.2, 0) is 6.42 Å². The van der Waals surface area contributed by atoms with Gasteiger partial charge < -0.3 is 5.73 Å². The fourth-order valence-electron chi connectivity index (χ4n) is 3.30. The van der Waals surface area contributed by atoms with Gasteiger partial charge in [0.15, 0.2) is 0 Å². The van der Waals surface area contributed by atoms with Crippen molar-refractivity contribution in [2.45, 2.75) is 45.1 Å². The highest BCUT2D eigenvalue weighted by atomic mass is 19.1. The zero-order chi connectivity index (χ0) is 15.0. The van der Waals surface area contributed by atoms with Crippen molar-refractivity contribution >= 4 is 0 Å². The molecule has 0 fully saturated rings. The van der Waals surface area contributed by atoms with Crippen molar-refractivity contribution in [1.29, 1.82) is 0 Å². The molecule has 0 bridgehead atoms. The van der Waals surface area contributed by atoms with Gasteiger partial charge in [0.2, 0.25) is 0 Å². The van der Waals surface area contributed by atoms with Gasteiger partial charge in [0.25, 0.3) is 0 Å². The molecule has 0 spiro atoms. The van der Waals surface area contributed by atoms with Gasteiger partial charge in [-0.1, -0.05) is 0 Å². The van der Waals surface area contributed by atoms with Crippen LogP contribution in [0.5, 0.6) is 0 Å². The van der Waals surface area contributed by atoms with Crippen LogP contribution in [0.4, 0.5) is 4.39 Å². The van der Waals surface area contributed by atoms with Gasteiger partial charge in [-0.25, -0.2) is 4.39 Å². The van der Waals surface area contributed by atoms with Crippen molar-refractivity contribution < 1.29 is 4.39 Å². The molecule has 0 aliphatic heterocycles. The van der Waals surface area contributed by atoms with Crippen molar-refractivity contribution in [3.8, 4) is 11.3 Å². The van der Waals surface area contributed by atoms with Gasteiger partial charge in [0.05, 0.1) is 5.69 Å². The lowest BCUT2D eigenvalue weighted by Crippen LogP contribution is -2.20. The lowest BCUT2D eigenvalue weighted by Gasteiger charge is -2.23. The van der Waals surface area contributed by atoms with Crippen LogP contribution in [0.3, 0.4) is 0 Å². The molecule has 1 heterocycles. The van der Waals surface area contributed by atoms with Gasteiger partial charge in [-0.3, -0.25) is 4.68 Å². The summed E-state index contributed by atoms with van der Waals surface area (Å²) in [6.45, 7) is 4.94. The first-order valence-electron chi connectivity index (χ1n) is 7.69. The van der Waals surface area contributed by atoms with Crippen LogP contribution in [0.15, 0.2) is 24.3 Å². The molecular weight excluding hydrogens is 265 g/mol. The van der Waals surface area contributed by atoms with Crippen molar-refractivity contribution in [2.75, 3.05) is 6.54 Å². The maximum Gasteiger partial charge on any atom is 0.123 e. The maximum atomic E-state index is 13.2. The Bertz CT molecular complexity index is 628. The Morgan fingerprint density at radius 1 is 1.33 bits per heavy atom. The van der Waals surface area contributed by atoms with Gasteiger partial charge in [0, 0.05) is 28.8 Å². The van der Waals surface area contributed by atoms with E-state index in [9.17, 15) is 4.39 Å². The summed E-state index contributed by atoms with van der Waals surface area (Å²) in [5.74, 6) is 0.146. The van der Waals surface area contributed by atoms with E-state index in [1.165, 1.54) is 23.4 Å². The Labute approximate surface area is 125 Å². The van der Waals surface area contributed by atoms with Gasteiger partial charge >= 0.3 is 0 Å². The average molecular weight is 287 g/mol. The second-order valence-corrected chi connectivity index (χ2v) is 6.08. The lowest BCUT2D eigenvalue weighted by molar-refractivity contribution is 0.478. The quantitative estimate of drug-likeness (QED) is 0.936. The van der Waals surface area contributed by atoms with E-state index in [4.69, 9.17) is 10.8 Å². The van der Waals surface area contributed by atoms with Crippen LogP contribution in [0.25, 0.3) is 11.3 Å². The molecule has 2 aromatic rings. The zero-order valence-corrected chi connectivity index (χ0v) is 12.6. The first kappa shape index (κ1) is 14.3. The number of aromatic nitrogens is 2. The number of hydrogen-bond acceptors (Lipinski definition) is 2. The van der Waals surface area contributed by atoms with Gasteiger partial charge in [0.1, 0.15) is 5.82 Å². The summed E-state index contributed by atoms with van der Waals surface area (Å²) >= 11 is 0. The third kappa shape index (κ3) is 2.48. The Kier molecular flexibility index (Phi) is 3.81. The third-order valence-corrected chi connectivity index (χ3v) is 4.32. The van der Waals surface area contributed by atoms with Crippen LogP contribution < -0.4 is 5.73 Å². The number of nitrogens with zero attached hydrogens (tertiary/aromatic N) is 2. The van der Waals surface area contributed by atoms with Crippen molar-refractivity contribution in [3.05, 3.63) is 41.3 Å². The number of fused-ring (bicyclic) bond motifs is 1. The van der Waals surface area contributed by atoms with Crippen LogP contribution in [-0.4, -0.2) is 16.3 Å². The molecule has 0 saturated heterocycles. The van der Waals surface area contributed by atoms with Gasteiger partial charge in [-0.15, -0.1) is 0 Å². The minimum atomic E-state index is -0.216. The Morgan fingerprint density at radius 2 is 2.05 bits per heavy atom. The molecule has 0 amide bonds. The molecular formula is C17H22FN3. The summed E-state index contributed by atoms with van der Waals surface area (Å²) in [4.78, 5) is 0. The summed E-state index contributed by atoms with van der Waals surface area (Å²) < 4.78 is 15.3. The first-order valence-corrected chi connectivity index (χ1v) is 7.69. The summed E-state index contributed by atoms with van der Waals surface area (Å²) in [5, 5.41) is 4.83. The fraction of sp³-hybridized carbons (Fsp3) is 0.471. The highest BCUT2D eigenvalue weighted by molar-refractivity contribution is 5.65. The molecule has 4 heteroatoms. The molecule has 3 nitrogen and oxygen atoms in total. The van der Waals surface area contributed by atoms with Gasteiger partial charge in [-0.05, 0) is 63.9 Å². The monoisotopic (exact) mass is 287 g/mol. The van der Waals surface area contributed by atoms with E-state index in [1.807, 2.05) is 12.1 Å². The average Bonchev–Trinajstić information content (AvgIpc) is 2.88. The Morgan fingerprint density at radius 3 is 2.67 bits per heavy atom.